The van der Waals surface area contributed by atoms with Gasteiger partial charge in [-0.15, -0.1) is 0 Å². The largest absolute Gasteiger partial charge is 0.493 e. The molecule has 162 valence electrons. The number of allylic oxidation sites excluding steroid dienone is 1. The Morgan fingerprint density at radius 3 is 2.71 bits per heavy atom. The van der Waals surface area contributed by atoms with Gasteiger partial charge in [0.2, 0.25) is 5.91 Å². The molecule has 4 rings (SSSR count). The maximum absolute atomic E-state index is 12.8. The van der Waals surface area contributed by atoms with Crippen molar-refractivity contribution in [1.29, 1.82) is 0 Å². The van der Waals surface area contributed by atoms with Crippen LogP contribution in [0.5, 0.6) is 5.75 Å². The first-order valence-corrected chi connectivity index (χ1v) is 11.2. The Balaban J connectivity index is 1.75. The van der Waals surface area contributed by atoms with Gasteiger partial charge >= 0.3 is 0 Å². The average Bonchev–Trinajstić information content (AvgIpc) is 3.11. The van der Waals surface area contributed by atoms with E-state index in [1.165, 1.54) is 18.4 Å². The second-order valence-electron chi connectivity index (χ2n) is 8.53. The normalized spacial score (nSPS) is 13.9. The average molecular weight is 418 g/mol. The van der Waals surface area contributed by atoms with Crippen molar-refractivity contribution in [2.24, 2.45) is 0 Å². The summed E-state index contributed by atoms with van der Waals surface area (Å²) in [5.74, 6) is 1.77. The number of fused-ring (bicyclic) bond motifs is 3. The van der Waals surface area contributed by atoms with E-state index in [0.29, 0.717) is 6.61 Å². The highest BCUT2D eigenvalue weighted by atomic mass is 16.5. The summed E-state index contributed by atoms with van der Waals surface area (Å²) in [5, 5.41) is 4.19. The van der Waals surface area contributed by atoms with Gasteiger partial charge in [0.05, 0.1) is 6.61 Å². The van der Waals surface area contributed by atoms with Crippen LogP contribution in [0.2, 0.25) is 0 Å². The molecular weight excluding hydrogens is 386 g/mol. The fourth-order valence-corrected chi connectivity index (χ4v) is 4.47. The van der Waals surface area contributed by atoms with Crippen LogP contribution in [-0.4, -0.2) is 12.5 Å². The number of aryl methyl sites for hydroxylation is 5. The highest BCUT2D eigenvalue weighted by Gasteiger charge is 2.23. The van der Waals surface area contributed by atoms with Crippen LogP contribution in [0.3, 0.4) is 0 Å². The number of ether oxygens (including phenoxy) is 1. The topological polar surface area (TPSA) is 51.5 Å². The van der Waals surface area contributed by atoms with Gasteiger partial charge in [-0.05, 0) is 82.7 Å². The number of hydrogen-bond acceptors (Lipinski definition) is 3. The highest BCUT2D eigenvalue weighted by molar-refractivity contribution is 6.05. The van der Waals surface area contributed by atoms with Crippen LogP contribution in [0, 0.1) is 20.8 Å². The molecule has 1 N–H and O–H groups in total. The molecule has 1 heterocycles. The third-order valence-electron chi connectivity index (χ3n) is 6.14. The van der Waals surface area contributed by atoms with Gasteiger partial charge < -0.3 is 14.5 Å². The van der Waals surface area contributed by atoms with Crippen molar-refractivity contribution >= 4 is 28.1 Å². The van der Waals surface area contributed by atoms with E-state index in [0.717, 1.165) is 68.8 Å². The van der Waals surface area contributed by atoms with Gasteiger partial charge in [-0.3, -0.25) is 4.79 Å². The predicted molar refractivity (Wildman–Crippen MR) is 127 cm³/mol. The SMILES string of the molecule is CCOc1c(/C(C)=C/C(=O)Nc2cc(C)ccc2C)cc2c3c(oc2c1C)CCCC3. The Labute approximate surface area is 184 Å². The number of rotatable bonds is 5. The lowest BCUT2D eigenvalue weighted by molar-refractivity contribution is -0.111. The molecule has 1 amide bonds. The number of benzene rings is 2. The van der Waals surface area contributed by atoms with Crippen molar-refractivity contribution in [2.45, 2.75) is 60.3 Å². The standard InChI is InChI=1S/C27H31NO3/c1-6-30-26-19(5)27-22(20-9-7-8-10-24(20)31-27)15-21(26)18(4)14-25(29)28-23-13-16(2)11-12-17(23)3/h11-15H,6-10H2,1-5H3,(H,28,29)/b18-14+. The Morgan fingerprint density at radius 2 is 1.94 bits per heavy atom. The van der Waals surface area contributed by atoms with E-state index >= 15 is 0 Å². The zero-order chi connectivity index (χ0) is 22.1. The number of anilines is 1. The number of furan rings is 1. The van der Waals surface area contributed by atoms with Crippen molar-refractivity contribution in [2.75, 3.05) is 11.9 Å². The van der Waals surface area contributed by atoms with E-state index in [4.69, 9.17) is 9.15 Å². The molecule has 0 radical (unpaired) electrons. The minimum Gasteiger partial charge on any atom is -0.493 e. The number of carbonyl (C=O) groups excluding carboxylic acids is 1. The summed E-state index contributed by atoms with van der Waals surface area (Å²) < 4.78 is 12.3. The molecule has 4 heteroatoms. The third kappa shape index (κ3) is 4.12. The molecule has 4 nitrogen and oxygen atoms in total. The molecule has 0 bridgehead atoms. The Bertz CT molecular complexity index is 1180. The summed E-state index contributed by atoms with van der Waals surface area (Å²) in [5.41, 5.74) is 8.08. The first kappa shape index (κ1) is 21.2. The monoisotopic (exact) mass is 417 g/mol. The molecule has 1 aliphatic carbocycles. The Hall–Kier alpha value is -3.01. The van der Waals surface area contributed by atoms with Crippen LogP contribution in [-0.2, 0) is 17.6 Å². The summed E-state index contributed by atoms with van der Waals surface area (Å²) in [7, 11) is 0. The lowest BCUT2D eigenvalue weighted by Gasteiger charge is -2.15. The maximum Gasteiger partial charge on any atom is 0.248 e. The Morgan fingerprint density at radius 1 is 1.16 bits per heavy atom. The lowest BCUT2D eigenvalue weighted by Crippen LogP contribution is -2.10. The predicted octanol–water partition coefficient (Wildman–Crippen LogP) is 6.68. The fraction of sp³-hybridized carbons (Fsp3) is 0.370. The van der Waals surface area contributed by atoms with Crippen LogP contribution in [0.25, 0.3) is 16.5 Å². The molecule has 0 fully saturated rings. The molecule has 0 atom stereocenters. The van der Waals surface area contributed by atoms with Crippen molar-refractivity contribution < 1.29 is 13.9 Å². The maximum atomic E-state index is 12.8. The number of nitrogens with one attached hydrogen (secondary N) is 1. The molecule has 2 aromatic carbocycles. The van der Waals surface area contributed by atoms with E-state index < -0.39 is 0 Å². The molecule has 3 aromatic rings. The molecule has 0 saturated heterocycles. The quantitative estimate of drug-likeness (QED) is 0.471. The van der Waals surface area contributed by atoms with Crippen LogP contribution < -0.4 is 10.1 Å². The van der Waals surface area contributed by atoms with Gasteiger partial charge in [0.1, 0.15) is 17.1 Å². The van der Waals surface area contributed by atoms with Gasteiger partial charge in [-0.2, -0.15) is 0 Å². The van der Waals surface area contributed by atoms with Crippen molar-refractivity contribution in [1.82, 2.24) is 0 Å². The van der Waals surface area contributed by atoms with Gasteiger partial charge in [0.15, 0.2) is 0 Å². The third-order valence-corrected chi connectivity index (χ3v) is 6.14. The van der Waals surface area contributed by atoms with Gasteiger partial charge in [0.25, 0.3) is 0 Å². The van der Waals surface area contributed by atoms with E-state index in [1.54, 1.807) is 6.08 Å². The summed E-state index contributed by atoms with van der Waals surface area (Å²) in [6.07, 6.45) is 6.07. The summed E-state index contributed by atoms with van der Waals surface area (Å²) >= 11 is 0. The number of hydrogen-bond donors (Lipinski definition) is 1. The van der Waals surface area contributed by atoms with E-state index in [2.05, 4.69) is 18.3 Å². The first-order valence-electron chi connectivity index (χ1n) is 11.2. The highest BCUT2D eigenvalue weighted by Crippen LogP contribution is 2.41. The first-order chi connectivity index (χ1) is 14.9. The summed E-state index contributed by atoms with van der Waals surface area (Å²) in [4.78, 5) is 12.8. The van der Waals surface area contributed by atoms with Crippen LogP contribution in [0.4, 0.5) is 5.69 Å². The van der Waals surface area contributed by atoms with E-state index in [1.807, 2.05) is 45.9 Å². The fourth-order valence-electron chi connectivity index (χ4n) is 4.47. The lowest BCUT2D eigenvalue weighted by atomic mass is 9.93. The van der Waals surface area contributed by atoms with Crippen molar-refractivity contribution in [3.63, 3.8) is 0 Å². The molecule has 0 aliphatic heterocycles. The Kier molecular flexibility index (Phi) is 5.90. The second kappa shape index (κ2) is 8.62. The molecule has 0 spiro atoms. The zero-order valence-electron chi connectivity index (χ0n) is 19.1. The van der Waals surface area contributed by atoms with E-state index in [9.17, 15) is 4.79 Å². The molecule has 31 heavy (non-hydrogen) atoms. The van der Waals surface area contributed by atoms with Crippen LogP contribution in [0.1, 0.15) is 60.3 Å². The molecule has 1 aliphatic rings. The van der Waals surface area contributed by atoms with Crippen LogP contribution in [0.15, 0.2) is 34.8 Å². The second-order valence-corrected chi connectivity index (χ2v) is 8.53. The van der Waals surface area contributed by atoms with Crippen LogP contribution >= 0.6 is 0 Å². The summed E-state index contributed by atoms with van der Waals surface area (Å²) in [6.45, 7) is 10.6. The van der Waals surface area contributed by atoms with E-state index in [-0.39, 0.29) is 5.91 Å². The molecule has 0 saturated carbocycles. The van der Waals surface area contributed by atoms with Gasteiger partial charge in [-0.1, -0.05) is 12.1 Å². The summed E-state index contributed by atoms with van der Waals surface area (Å²) in [6, 6.07) is 8.21. The molecule has 0 unspecified atom stereocenters. The van der Waals surface area contributed by atoms with Gasteiger partial charge in [0, 0.05) is 40.3 Å². The minimum atomic E-state index is -0.138. The number of amides is 1. The minimum absolute atomic E-state index is 0.138. The molecule has 1 aromatic heterocycles. The van der Waals surface area contributed by atoms with Gasteiger partial charge in [-0.25, -0.2) is 0 Å². The van der Waals surface area contributed by atoms with Crippen molar-refractivity contribution in [3.8, 4) is 5.75 Å². The molecular formula is C27H31NO3. The zero-order valence-corrected chi connectivity index (χ0v) is 19.1. The van der Waals surface area contributed by atoms with Crippen molar-refractivity contribution in [3.05, 3.63) is 63.9 Å². The smallest absolute Gasteiger partial charge is 0.248 e. The number of carbonyl (C=O) groups is 1.